The van der Waals surface area contributed by atoms with Crippen molar-refractivity contribution < 1.29 is 4.39 Å². The predicted octanol–water partition coefficient (Wildman–Crippen LogP) is 2.89. The highest BCUT2D eigenvalue weighted by molar-refractivity contribution is 14.1. The average molecular weight is 300 g/mol. The van der Waals surface area contributed by atoms with E-state index in [1.54, 1.807) is 24.5 Å². The van der Waals surface area contributed by atoms with E-state index >= 15 is 0 Å². The summed E-state index contributed by atoms with van der Waals surface area (Å²) in [5, 5.41) is 0. The lowest BCUT2D eigenvalue weighted by molar-refractivity contribution is 0.628. The van der Waals surface area contributed by atoms with Crippen LogP contribution in [-0.4, -0.2) is 9.97 Å². The summed E-state index contributed by atoms with van der Waals surface area (Å²) in [4.78, 5) is 8.12. The Labute approximate surface area is 94.4 Å². The minimum absolute atomic E-state index is 0.236. The van der Waals surface area contributed by atoms with Gasteiger partial charge in [-0.3, -0.25) is 0 Å². The fraction of sp³-hybridized carbons (Fsp3) is 0. The molecule has 0 bridgehead atoms. The first-order valence-electron chi connectivity index (χ1n) is 3.99. The Bertz CT molecular complexity index is 381. The summed E-state index contributed by atoms with van der Waals surface area (Å²) in [6, 6.07) is 6.27. The molecule has 0 aliphatic heterocycles. The molecule has 0 aliphatic rings. The van der Waals surface area contributed by atoms with Crippen LogP contribution in [-0.2, 0) is 0 Å². The molecule has 0 spiro atoms. The molecule has 0 saturated carbocycles. The Kier molecular flexibility index (Phi) is 2.72. The van der Waals surface area contributed by atoms with Crippen LogP contribution in [0, 0.1) is 9.65 Å². The average Bonchev–Trinajstić information content (AvgIpc) is 2.21. The van der Waals surface area contributed by atoms with E-state index in [1.165, 1.54) is 12.1 Å². The first-order valence-corrected chi connectivity index (χ1v) is 5.07. The highest BCUT2D eigenvalue weighted by atomic mass is 127. The molecule has 0 saturated heterocycles. The van der Waals surface area contributed by atoms with E-state index in [1.807, 2.05) is 22.6 Å². The second-order valence-electron chi connectivity index (χ2n) is 2.75. The van der Waals surface area contributed by atoms with Crippen LogP contribution in [0.25, 0.3) is 11.1 Å². The fourth-order valence-electron chi connectivity index (χ4n) is 1.10. The van der Waals surface area contributed by atoms with Crippen molar-refractivity contribution in [3.8, 4) is 11.1 Å². The van der Waals surface area contributed by atoms with Gasteiger partial charge in [-0.05, 0) is 17.7 Å². The third-order valence-corrected chi connectivity index (χ3v) is 2.35. The van der Waals surface area contributed by atoms with Gasteiger partial charge in [0, 0.05) is 40.5 Å². The second-order valence-corrected chi connectivity index (χ2v) is 3.71. The summed E-state index contributed by atoms with van der Waals surface area (Å²) in [6.45, 7) is 0. The maximum absolute atomic E-state index is 12.6. The molecule has 1 heterocycles. The number of aromatic nitrogens is 2. The van der Waals surface area contributed by atoms with Gasteiger partial charge in [-0.25, -0.2) is 14.4 Å². The normalized spacial score (nSPS) is 10.1. The number of hydrogen-bond acceptors (Lipinski definition) is 2. The molecule has 0 N–H and O–H groups in total. The summed E-state index contributed by atoms with van der Waals surface area (Å²) in [5.41, 5.74) is 1.81. The van der Waals surface area contributed by atoms with Crippen molar-refractivity contribution in [3.05, 3.63) is 46.3 Å². The molecule has 14 heavy (non-hydrogen) atoms. The van der Waals surface area contributed by atoms with Gasteiger partial charge in [0.15, 0.2) is 3.83 Å². The third-order valence-electron chi connectivity index (χ3n) is 1.80. The minimum Gasteiger partial charge on any atom is -0.231 e. The van der Waals surface area contributed by atoms with E-state index in [-0.39, 0.29) is 5.82 Å². The number of benzene rings is 1. The van der Waals surface area contributed by atoms with E-state index in [9.17, 15) is 4.39 Å². The Balaban J connectivity index is 2.40. The maximum atomic E-state index is 12.6. The topological polar surface area (TPSA) is 25.8 Å². The van der Waals surface area contributed by atoms with Crippen molar-refractivity contribution >= 4 is 22.6 Å². The van der Waals surface area contributed by atoms with Gasteiger partial charge in [0.25, 0.3) is 0 Å². The van der Waals surface area contributed by atoms with Crippen molar-refractivity contribution in [2.75, 3.05) is 0 Å². The summed E-state index contributed by atoms with van der Waals surface area (Å²) < 4.78 is 13.3. The van der Waals surface area contributed by atoms with Gasteiger partial charge in [-0.1, -0.05) is 12.1 Å². The van der Waals surface area contributed by atoms with Crippen molar-refractivity contribution in [2.24, 2.45) is 0 Å². The molecule has 1 aromatic heterocycles. The lowest BCUT2D eigenvalue weighted by atomic mass is 10.1. The van der Waals surface area contributed by atoms with Crippen molar-refractivity contribution in [2.45, 2.75) is 0 Å². The van der Waals surface area contributed by atoms with Crippen molar-refractivity contribution in [1.82, 2.24) is 9.97 Å². The molecule has 0 radical (unpaired) electrons. The molecule has 2 nitrogen and oxygen atoms in total. The van der Waals surface area contributed by atoms with Crippen molar-refractivity contribution in [3.63, 3.8) is 0 Å². The van der Waals surface area contributed by atoms with Crippen LogP contribution in [0.2, 0.25) is 0 Å². The van der Waals surface area contributed by atoms with E-state index in [2.05, 4.69) is 9.97 Å². The predicted molar refractivity (Wildman–Crippen MR) is 60.1 cm³/mol. The summed E-state index contributed by atoms with van der Waals surface area (Å²) >= 11 is 2.04. The monoisotopic (exact) mass is 300 g/mol. The fourth-order valence-corrected chi connectivity index (χ4v) is 1.38. The molecule has 0 unspecified atom stereocenters. The summed E-state index contributed by atoms with van der Waals surface area (Å²) in [5.74, 6) is -0.236. The van der Waals surface area contributed by atoms with E-state index < -0.39 is 0 Å². The molecule has 70 valence electrons. The quantitative estimate of drug-likeness (QED) is 0.598. The molecule has 1 aromatic carbocycles. The number of halogens is 2. The molecular formula is C10H6FIN2. The van der Waals surface area contributed by atoms with Gasteiger partial charge in [0.05, 0.1) is 0 Å². The zero-order valence-corrected chi connectivity index (χ0v) is 9.27. The molecule has 2 aromatic rings. The van der Waals surface area contributed by atoms with Crippen LogP contribution in [0.5, 0.6) is 0 Å². The molecule has 0 aliphatic carbocycles. The largest absolute Gasteiger partial charge is 0.231 e. The standard InChI is InChI=1S/C10H6FIN2/c11-9-3-1-7(2-4-9)8-5-13-10(12)14-6-8/h1-6H. The highest BCUT2D eigenvalue weighted by Crippen LogP contribution is 2.17. The number of hydrogen-bond donors (Lipinski definition) is 0. The van der Waals surface area contributed by atoms with Crippen molar-refractivity contribution in [1.29, 1.82) is 0 Å². The number of rotatable bonds is 1. The minimum atomic E-state index is -0.236. The molecule has 4 heteroatoms. The van der Waals surface area contributed by atoms with Crippen LogP contribution >= 0.6 is 22.6 Å². The maximum Gasteiger partial charge on any atom is 0.190 e. The van der Waals surface area contributed by atoms with Crippen LogP contribution < -0.4 is 0 Å². The van der Waals surface area contributed by atoms with Crippen LogP contribution in [0.1, 0.15) is 0 Å². The third kappa shape index (κ3) is 2.06. The van der Waals surface area contributed by atoms with E-state index in [0.717, 1.165) is 11.1 Å². The zero-order valence-electron chi connectivity index (χ0n) is 7.11. The van der Waals surface area contributed by atoms with Gasteiger partial charge in [-0.2, -0.15) is 0 Å². The van der Waals surface area contributed by atoms with Gasteiger partial charge in [0.1, 0.15) is 5.82 Å². The first kappa shape index (κ1) is 9.51. The molecule has 2 rings (SSSR count). The van der Waals surface area contributed by atoms with Gasteiger partial charge < -0.3 is 0 Å². The first-order chi connectivity index (χ1) is 6.75. The zero-order chi connectivity index (χ0) is 9.97. The second kappa shape index (κ2) is 4.00. The summed E-state index contributed by atoms with van der Waals surface area (Å²) in [7, 11) is 0. The Morgan fingerprint density at radius 2 is 1.50 bits per heavy atom. The Morgan fingerprint density at radius 3 is 2.07 bits per heavy atom. The Morgan fingerprint density at radius 1 is 0.929 bits per heavy atom. The van der Waals surface area contributed by atoms with Gasteiger partial charge in [-0.15, -0.1) is 0 Å². The molecule has 0 atom stereocenters. The Hall–Kier alpha value is -1.04. The lowest BCUT2D eigenvalue weighted by Gasteiger charge is -1.99. The van der Waals surface area contributed by atoms with Crippen LogP contribution in [0.15, 0.2) is 36.7 Å². The van der Waals surface area contributed by atoms with Gasteiger partial charge >= 0.3 is 0 Å². The van der Waals surface area contributed by atoms with E-state index in [0.29, 0.717) is 3.83 Å². The SMILES string of the molecule is Fc1ccc(-c2cnc(I)nc2)cc1. The molecule has 0 fully saturated rings. The smallest absolute Gasteiger partial charge is 0.190 e. The molecular weight excluding hydrogens is 294 g/mol. The number of nitrogens with zero attached hydrogens (tertiary/aromatic N) is 2. The lowest BCUT2D eigenvalue weighted by Crippen LogP contribution is -1.87. The molecule has 0 amide bonds. The van der Waals surface area contributed by atoms with Gasteiger partial charge in [0.2, 0.25) is 0 Å². The van der Waals surface area contributed by atoms with Crippen LogP contribution in [0.4, 0.5) is 4.39 Å². The highest BCUT2D eigenvalue weighted by Gasteiger charge is 1.98. The van der Waals surface area contributed by atoms with E-state index in [4.69, 9.17) is 0 Å². The summed E-state index contributed by atoms with van der Waals surface area (Å²) in [6.07, 6.45) is 3.45. The van der Waals surface area contributed by atoms with Crippen LogP contribution in [0.3, 0.4) is 0 Å².